The summed E-state index contributed by atoms with van der Waals surface area (Å²) >= 11 is 12.4. The maximum atomic E-state index is 6.20. The second-order valence-electron chi connectivity index (χ2n) is 5.17. The van der Waals surface area contributed by atoms with Crippen LogP contribution in [0.15, 0.2) is 12.1 Å². The smallest absolute Gasteiger partial charge is 0.0746 e. The second-order valence-corrected chi connectivity index (χ2v) is 5.98. The van der Waals surface area contributed by atoms with E-state index in [9.17, 15) is 0 Å². The monoisotopic (exact) mass is 258 g/mol. The van der Waals surface area contributed by atoms with E-state index in [1.54, 1.807) is 12.1 Å². The van der Waals surface area contributed by atoms with Gasteiger partial charge in [0, 0.05) is 18.8 Å². The topological polar surface area (TPSA) is 29.3 Å². The lowest BCUT2D eigenvalue weighted by molar-refractivity contribution is 0.418. The van der Waals surface area contributed by atoms with Crippen LogP contribution in [0.1, 0.15) is 20.3 Å². The number of nitrogens with zero attached hydrogens (tertiary/aromatic N) is 1. The van der Waals surface area contributed by atoms with Gasteiger partial charge in [0.2, 0.25) is 0 Å². The molecule has 0 radical (unpaired) electrons. The van der Waals surface area contributed by atoms with Crippen LogP contribution in [0.2, 0.25) is 10.0 Å². The number of halogens is 2. The van der Waals surface area contributed by atoms with Crippen molar-refractivity contribution >= 4 is 34.6 Å². The lowest BCUT2D eigenvalue weighted by Gasteiger charge is -2.23. The van der Waals surface area contributed by atoms with Crippen molar-refractivity contribution in [1.82, 2.24) is 0 Å². The zero-order chi connectivity index (χ0) is 11.9. The van der Waals surface area contributed by atoms with Gasteiger partial charge in [0.25, 0.3) is 0 Å². The highest BCUT2D eigenvalue weighted by molar-refractivity contribution is 6.39. The highest BCUT2D eigenvalue weighted by Crippen LogP contribution is 2.41. The molecule has 0 unspecified atom stereocenters. The van der Waals surface area contributed by atoms with Gasteiger partial charge in [-0.3, -0.25) is 0 Å². The molecule has 0 spiro atoms. The third-order valence-corrected chi connectivity index (χ3v) is 3.61. The van der Waals surface area contributed by atoms with Gasteiger partial charge in [-0.2, -0.15) is 0 Å². The van der Waals surface area contributed by atoms with E-state index in [2.05, 4.69) is 18.7 Å². The summed E-state index contributed by atoms with van der Waals surface area (Å²) in [5.74, 6) is 0. The van der Waals surface area contributed by atoms with Crippen LogP contribution in [0.25, 0.3) is 0 Å². The number of hydrogen-bond acceptors (Lipinski definition) is 2. The van der Waals surface area contributed by atoms with Gasteiger partial charge in [-0.05, 0) is 24.0 Å². The number of anilines is 2. The molecule has 1 aliphatic rings. The molecule has 2 N–H and O–H groups in total. The van der Waals surface area contributed by atoms with Crippen molar-refractivity contribution in [2.45, 2.75) is 20.3 Å². The molecule has 0 amide bonds. The van der Waals surface area contributed by atoms with Gasteiger partial charge in [0.05, 0.1) is 15.7 Å². The Morgan fingerprint density at radius 1 is 1.25 bits per heavy atom. The third-order valence-electron chi connectivity index (χ3n) is 3.03. The second kappa shape index (κ2) is 4.01. The molecule has 2 rings (SSSR count). The van der Waals surface area contributed by atoms with Crippen LogP contribution in [-0.4, -0.2) is 13.1 Å². The van der Waals surface area contributed by atoms with Gasteiger partial charge in [0.15, 0.2) is 0 Å². The van der Waals surface area contributed by atoms with Gasteiger partial charge in [-0.25, -0.2) is 0 Å². The number of rotatable bonds is 1. The zero-order valence-corrected chi connectivity index (χ0v) is 11.1. The molecule has 1 aromatic carbocycles. The molecule has 1 fully saturated rings. The Balaban J connectivity index is 2.35. The summed E-state index contributed by atoms with van der Waals surface area (Å²) < 4.78 is 0. The predicted molar refractivity (Wildman–Crippen MR) is 71.5 cm³/mol. The van der Waals surface area contributed by atoms with E-state index in [0.29, 0.717) is 21.1 Å². The Bertz CT molecular complexity index is 392. The fraction of sp³-hybridized carbons (Fsp3) is 0.500. The largest absolute Gasteiger partial charge is 0.399 e. The lowest BCUT2D eigenvalue weighted by Crippen LogP contribution is -2.23. The van der Waals surface area contributed by atoms with Crippen molar-refractivity contribution in [3.05, 3.63) is 22.2 Å². The molecule has 88 valence electrons. The Kier molecular flexibility index (Phi) is 2.97. The first-order valence-corrected chi connectivity index (χ1v) is 6.14. The summed E-state index contributed by atoms with van der Waals surface area (Å²) in [5, 5.41) is 1.28. The van der Waals surface area contributed by atoms with Gasteiger partial charge in [-0.1, -0.05) is 37.0 Å². The predicted octanol–water partition coefficient (Wildman–Crippen LogP) is 3.81. The maximum Gasteiger partial charge on any atom is 0.0746 e. The number of nitrogens with two attached hydrogens (primary N) is 1. The molecule has 1 aliphatic heterocycles. The van der Waals surface area contributed by atoms with Crippen molar-refractivity contribution in [3.8, 4) is 0 Å². The van der Waals surface area contributed by atoms with Gasteiger partial charge in [-0.15, -0.1) is 0 Å². The molecule has 4 heteroatoms. The first-order valence-electron chi connectivity index (χ1n) is 5.38. The fourth-order valence-corrected chi connectivity index (χ4v) is 2.93. The Morgan fingerprint density at radius 3 is 2.25 bits per heavy atom. The minimum absolute atomic E-state index is 0.327. The third kappa shape index (κ3) is 2.23. The van der Waals surface area contributed by atoms with E-state index in [-0.39, 0.29) is 0 Å². The average Bonchev–Trinajstić information content (AvgIpc) is 2.44. The molecular formula is C12H16Cl2N2. The number of nitrogen functional groups attached to an aromatic ring is 1. The summed E-state index contributed by atoms with van der Waals surface area (Å²) in [7, 11) is 0. The molecule has 0 saturated carbocycles. The van der Waals surface area contributed by atoms with Crippen molar-refractivity contribution in [1.29, 1.82) is 0 Å². The fourth-order valence-electron chi connectivity index (χ4n) is 2.19. The SMILES string of the molecule is CC1(C)CCN(c2c(Cl)cc(N)cc2Cl)C1. The summed E-state index contributed by atoms with van der Waals surface area (Å²) in [6, 6.07) is 3.52. The van der Waals surface area contributed by atoms with E-state index in [1.807, 2.05) is 0 Å². The average molecular weight is 259 g/mol. The van der Waals surface area contributed by atoms with Crippen LogP contribution in [-0.2, 0) is 0 Å². The van der Waals surface area contributed by atoms with Gasteiger partial charge in [0.1, 0.15) is 0 Å². The van der Waals surface area contributed by atoms with Crippen molar-refractivity contribution in [2.75, 3.05) is 23.7 Å². The van der Waals surface area contributed by atoms with E-state index in [4.69, 9.17) is 28.9 Å². The highest BCUT2D eigenvalue weighted by atomic mass is 35.5. The number of benzene rings is 1. The molecule has 16 heavy (non-hydrogen) atoms. The van der Waals surface area contributed by atoms with E-state index in [1.165, 1.54) is 0 Å². The first-order chi connectivity index (χ1) is 7.39. The Morgan fingerprint density at radius 2 is 1.81 bits per heavy atom. The van der Waals surface area contributed by atoms with Crippen molar-refractivity contribution < 1.29 is 0 Å². The summed E-state index contributed by atoms with van der Waals surface area (Å²) in [4.78, 5) is 2.24. The molecule has 1 heterocycles. The van der Waals surface area contributed by atoms with Crippen LogP contribution in [0.3, 0.4) is 0 Å². The van der Waals surface area contributed by atoms with Crippen LogP contribution in [0.5, 0.6) is 0 Å². The van der Waals surface area contributed by atoms with Gasteiger partial charge >= 0.3 is 0 Å². The first kappa shape index (κ1) is 11.9. The lowest BCUT2D eigenvalue weighted by atomic mass is 9.93. The molecular weight excluding hydrogens is 243 g/mol. The molecule has 0 aliphatic carbocycles. The van der Waals surface area contributed by atoms with E-state index >= 15 is 0 Å². The van der Waals surface area contributed by atoms with Crippen LogP contribution in [0, 0.1) is 5.41 Å². The molecule has 0 aromatic heterocycles. The standard InChI is InChI=1S/C12H16Cl2N2/c1-12(2)3-4-16(7-12)11-9(13)5-8(15)6-10(11)14/h5-6H,3-4,7,15H2,1-2H3. The van der Waals surface area contributed by atoms with Gasteiger partial charge < -0.3 is 10.6 Å². The quantitative estimate of drug-likeness (QED) is 0.777. The summed E-state index contributed by atoms with van der Waals surface area (Å²) in [5.41, 5.74) is 7.55. The molecule has 0 bridgehead atoms. The molecule has 0 atom stereocenters. The minimum Gasteiger partial charge on any atom is -0.399 e. The van der Waals surface area contributed by atoms with E-state index < -0.39 is 0 Å². The molecule has 2 nitrogen and oxygen atoms in total. The summed E-state index contributed by atoms with van der Waals surface area (Å²) in [6.45, 7) is 6.49. The Labute approximate surface area is 106 Å². The maximum absolute atomic E-state index is 6.20. The molecule has 1 saturated heterocycles. The van der Waals surface area contributed by atoms with Crippen LogP contribution >= 0.6 is 23.2 Å². The van der Waals surface area contributed by atoms with Crippen molar-refractivity contribution in [2.24, 2.45) is 5.41 Å². The highest BCUT2D eigenvalue weighted by Gasteiger charge is 2.31. The number of hydrogen-bond donors (Lipinski definition) is 1. The molecule has 1 aromatic rings. The Hall–Kier alpha value is -0.600. The van der Waals surface area contributed by atoms with Crippen LogP contribution in [0.4, 0.5) is 11.4 Å². The minimum atomic E-state index is 0.327. The van der Waals surface area contributed by atoms with Crippen molar-refractivity contribution in [3.63, 3.8) is 0 Å². The normalized spacial score (nSPS) is 19.1. The zero-order valence-electron chi connectivity index (χ0n) is 9.56. The van der Waals surface area contributed by atoms with E-state index in [0.717, 1.165) is 25.2 Å². The summed E-state index contributed by atoms with van der Waals surface area (Å²) in [6.07, 6.45) is 1.16. The van der Waals surface area contributed by atoms with Crippen LogP contribution < -0.4 is 10.6 Å².